The van der Waals surface area contributed by atoms with E-state index in [9.17, 15) is 13.2 Å². The van der Waals surface area contributed by atoms with Gasteiger partial charge in [0.2, 0.25) is 15.8 Å². The Kier molecular flexibility index (Phi) is 5.20. The van der Waals surface area contributed by atoms with E-state index in [0.717, 1.165) is 11.3 Å². The maximum atomic E-state index is 12.5. The molecule has 0 unspecified atom stereocenters. The van der Waals surface area contributed by atoms with E-state index in [1.54, 1.807) is 14.0 Å². The number of aromatic carboxylic acids is 1. The number of nitrogens with one attached hydrogen (secondary N) is 1. The second-order valence-electron chi connectivity index (χ2n) is 6.02. The molecule has 0 radical (unpaired) electrons. The maximum absolute atomic E-state index is 12.5. The first kappa shape index (κ1) is 18.9. The average Bonchev–Trinajstić information content (AvgIpc) is 2.99. The summed E-state index contributed by atoms with van der Waals surface area (Å²) in [6, 6.07) is 11.7. The van der Waals surface area contributed by atoms with Crippen LogP contribution in [0.5, 0.6) is 5.75 Å². The number of carboxylic acid groups (broad SMARTS) is 1. The van der Waals surface area contributed by atoms with Crippen LogP contribution in [0.3, 0.4) is 0 Å². The Morgan fingerprint density at radius 3 is 2.52 bits per heavy atom. The highest BCUT2D eigenvalue weighted by Crippen LogP contribution is 2.27. The van der Waals surface area contributed by atoms with Crippen molar-refractivity contribution in [2.45, 2.75) is 18.2 Å². The molecule has 0 aliphatic rings. The van der Waals surface area contributed by atoms with E-state index in [-0.39, 0.29) is 17.2 Å². The van der Waals surface area contributed by atoms with Gasteiger partial charge in [-0.1, -0.05) is 12.1 Å². The van der Waals surface area contributed by atoms with Crippen LogP contribution < -0.4 is 9.46 Å². The molecule has 0 spiro atoms. The minimum absolute atomic E-state index is 0.0607. The molecule has 3 rings (SSSR count). The molecule has 0 aliphatic carbocycles. The zero-order valence-corrected chi connectivity index (χ0v) is 15.7. The van der Waals surface area contributed by atoms with Crippen LogP contribution >= 0.6 is 0 Å². The van der Waals surface area contributed by atoms with Crippen LogP contribution in [0.15, 0.2) is 51.8 Å². The van der Waals surface area contributed by atoms with E-state index in [0.29, 0.717) is 23.0 Å². The average molecular weight is 389 g/mol. The standard InChI is InChI=1S/C19H19NO6S/c1-12-16-11-15(7-8-17(16)26-18(12)19(21)22)27(23,24)20-10-9-13-3-5-14(25-2)6-4-13/h3-8,11,20H,9-10H2,1-2H3,(H,21,22). The van der Waals surface area contributed by atoms with Crippen LogP contribution in [0.4, 0.5) is 0 Å². The summed E-state index contributed by atoms with van der Waals surface area (Å²) < 4.78 is 38.0. The van der Waals surface area contributed by atoms with Crippen LogP contribution in [0.1, 0.15) is 21.7 Å². The van der Waals surface area contributed by atoms with Gasteiger partial charge < -0.3 is 14.3 Å². The number of hydrogen-bond acceptors (Lipinski definition) is 5. The lowest BCUT2D eigenvalue weighted by Gasteiger charge is -2.08. The Labute approximate surface area is 156 Å². The highest BCUT2D eigenvalue weighted by Gasteiger charge is 2.20. The van der Waals surface area contributed by atoms with E-state index in [4.69, 9.17) is 14.3 Å². The topological polar surface area (TPSA) is 106 Å². The molecule has 0 saturated carbocycles. The highest BCUT2D eigenvalue weighted by atomic mass is 32.2. The molecule has 0 saturated heterocycles. The quantitative estimate of drug-likeness (QED) is 0.643. The summed E-state index contributed by atoms with van der Waals surface area (Å²) in [5.74, 6) is -0.637. The van der Waals surface area contributed by atoms with Crippen molar-refractivity contribution < 1.29 is 27.5 Å². The number of carbonyl (C=O) groups is 1. The highest BCUT2D eigenvalue weighted by molar-refractivity contribution is 7.89. The number of sulfonamides is 1. The monoisotopic (exact) mass is 389 g/mol. The molecule has 3 aromatic rings. The largest absolute Gasteiger partial charge is 0.497 e. The maximum Gasteiger partial charge on any atom is 0.372 e. The Balaban J connectivity index is 1.75. The van der Waals surface area contributed by atoms with Crippen molar-refractivity contribution in [3.05, 3.63) is 59.4 Å². The number of ether oxygens (including phenoxy) is 1. The number of hydrogen-bond donors (Lipinski definition) is 2. The second-order valence-corrected chi connectivity index (χ2v) is 7.78. The first-order valence-corrected chi connectivity index (χ1v) is 9.69. The number of carboxylic acids is 1. The number of fused-ring (bicyclic) bond motifs is 1. The molecule has 0 fully saturated rings. The lowest BCUT2D eigenvalue weighted by atomic mass is 10.1. The van der Waals surface area contributed by atoms with E-state index in [2.05, 4.69) is 4.72 Å². The van der Waals surface area contributed by atoms with Gasteiger partial charge in [0.25, 0.3) is 0 Å². The summed E-state index contributed by atoms with van der Waals surface area (Å²) in [7, 11) is -2.14. The Hall–Kier alpha value is -2.84. The van der Waals surface area contributed by atoms with Gasteiger partial charge >= 0.3 is 5.97 Å². The SMILES string of the molecule is COc1ccc(CCNS(=O)(=O)c2ccc3oc(C(=O)O)c(C)c3c2)cc1. The van der Waals surface area contributed by atoms with E-state index >= 15 is 0 Å². The molecule has 0 amide bonds. The van der Waals surface area contributed by atoms with Gasteiger partial charge in [-0.15, -0.1) is 0 Å². The van der Waals surface area contributed by atoms with Crippen molar-refractivity contribution >= 4 is 27.0 Å². The lowest BCUT2D eigenvalue weighted by molar-refractivity contribution is 0.0664. The normalized spacial score (nSPS) is 11.6. The molecule has 142 valence electrons. The lowest BCUT2D eigenvalue weighted by Crippen LogP contribution is -2.26. The van der Waals surface area contributed by atoms with Crippen LogP contribution in [0.25, 0.3) is 11.0 Å². The third kappa shape index (κ3) is 3.96. The van der Waals surface area contributed by atoms with Crippen LogP contribution in [0, 0.1) is 6.92 Å². The minimum atomic E-state index is -3.73. The van der Waals surface area contributed by atoms with Crippen molar-refractivity contribution in [3.63, 3.8) is 0 Å². The summed E-state index contributed by atoms with van der Waals surface area (Å²) >= 11 is 0. The second kappa shape index (κ2) is 7.42. The van der Waals surface area contributed by atoms with Crippen molar-refractivity contribution in [2.75, 3.05) is 13.7 Å². The number of benzene rings is 2. The number of aryl methyl sites for hydroxylation is 1. The molecule has 0 aliphatic heterocycles. The number of rotatable bonds is 7. The number of furan rings is 1. The van der Waals surface area contributed by atoms with Crippen molar-refractivity contribution in [2.24, 2.45) is 0 Å². The zero-order valence-electron chi connectivity index (χ0n) is 14.9. The minimum Gasteiger partial charge on any atom is -0.497 e. The molecule has 1 heterocycles. The van der Waals surface area contributed by atoms with Gasteiger partial charge in [0.1, 0.15) is 11.3 Å². The Morgan fingerprint density at radius 1 is 1.19 bits per heavy atom. The fraction of sp³-hybridized carbons (Fsp3) is 0.211. The van der Waals surface area contributed by atoms with Gasteiger partial charge in [-0.2, -0.15) is 0 Å². The van der Waals surface area contributed by atoms with Crippen LogP contribution in [-0.2, 0) is 16.4 Å². The Morgan fingerprint density at radius 2 is 1.89 bits per heavy atom. The van der Waals surface area contributed by atoms with E-state index in [1.807, 2.05) is 24.3 Å². The van der Waals surface area contributed by atoms with Crippen molar-refractivity contribution in [1.82, 2.24) is 4.72 Å². The first-order valence-electron chi connectivity index (χ1n) is 8.21. The Bertz CT molecular complexity index is 1080. The van der Waals surface area contributed by atoms with Crippen molar-refractivity contribution in [1.29, 1.82) is 0 Å². The third-order valence-electron chi connectivity index (χ3n) is 4.28. The fourth-order valence-electron chi connectivity index (χ4n) is 2.78. The number of methoxy groups -OCH3 is 1. The summed E-state index contributed by atoms with van der Waals surface area (Å²) in [4.78, 5) is 11.2. The molecule has 0 atom stereocenters. The van der Waals surface area contributed by atoms with E-state index < -0.39 is 16.0 Å². The van der Waals surface area contributed by atoms with Gasteiger partial charge in [-0.3, -0.25) is 0 Å². The molecule has 1 aromatic heterocycles. The van der Waals surface area contributed by atoms with Crippen LogP contribution in [0.2, 0.25) is 0 Å². The molecule has 2 N–H and O–H groups in total. The van der Waals surface area contributed by atoms with Gasteiger partial charge in [-0.25, -0.2) is 17.9 Å². The van der Waals surface area contributed by atoms with Gasteiger partial charge in [0, 0.05) is 17.5 Å². The third-order valence-corrected chi connectivity index (χ3v) is 5.74. The van der Waals surface area contributed by atoms with Gasteiger partial charge in [0.05, 0.1) is 12.0 Å². The molecule has 7 nitrogen and oxygen atoms in total. The van der Waals surface area contributed by atoms with E-state index in [1.165, 1.54) is 18.2 Å². The summed E-state index contributed by atoms with van der Waals surface area (Å²) in [6.07, 6.45) is 0.527. The van der Waals surface area contributed by atoms with Crippen LogP contribution in [-0.4, -0.2) is 33.1 Å². The molecular weight excluding hydrogens is 370 g/mol. The fourth-order valence-corrected chi connectivity index (χ4v) is 3.83. The zero-order chi connectivity index (χ0) is 19.6. The predicted octanol–water partition coefficient (Wildman–Crippen LogP) is 2.97. The molecule has 8 heteroatoms. The summed E-state index contributed by atoms with van der Waals surface area (Å²) in [5.41, 5.74) is 1.71. The smallest absolute Gasteiger partial charge is 0.372 e. The molecule has 2 aromatic carbocycles. The first-order chi connectivity index (χ1) is 12.8. The van der Waals surface area contributed by atoms with Crippen molar-refractivity contribution in [3.8, 4) is 5.75 Å². The van der Waals surface area contributed by atoms with Gasteiger partial charge in [-0.05, 0) is 49.2 Å². The molecule has 0 bridgehead atoms. The summed E-state index contributed by atoms with van der Waals surface area (Å²) in [6.45, 7) is 1.82. The molecule has 27 heavy (non-hydrogen) atoms. The molecular formula is C19H19NO6S. The predicted molar refractivity (Wildman–Crippen MR) is 99.8 cm³/mol. The summed E-state index contributed by atoms with van der Waals surface area (Å²) in [5, 5.41) is 9.58. The van der Waals surface area contributed by atoms with Gasteiger partial charge in [0.15, 0.2) is 0 Å².